The van der Waals surface area contributed by atoms with Gasteiger partial charge in [0.05, 0.1) is 12.7 Å². The summed E-state index contributed by atoms with van der Waals surface area (Å²) in [6, 6.07) is 0. The molecule has 0 spiro atoms. The van der Waals surface area contributed by atoms with Gasteiger partial charge in [0.2, 0.25) is 0 Å². The summed E-state index contributed by atoms with van der Waals surface area (Å²) in [5.41, 5.74) is 1.06. The standard InChI is InChI=1S/C9H11N3OS/c1-2-12-7-8(5-10-12)6-11-3-4-14-9(11)13/h3-5,7H,2,6H2,1H3. The number of aryl methyl sites for hydroxylation is 1. The number of thiazole rings is 1. The van der Waals surface area contributed by atoms with Gasteiger partial charge in [-0.1, -0.05) is 11.3 Å². The molecule has 0 unspecified atom stereocenters. The molecule has 74 valence electrons. The molecule has 0 aliphatic heterocycles. The summed E-state index contributed by atoms with van der Waals surface area (Å²) in [6.07, 6.45) is 5.56. The maximum absolute atomic E-state index is 11.3. The van der Waals surface area contributed by atoms with Crippen LogP contribution in [-0.2, 0) is 13.1 Å². The molecule has 0 atom stereocenters. The van der Waals surface area contributed by atoms with Crippen LogP contribution in [0.15, 0.2) is 28.8 Å². The lowest BCUT2D eigenvalue weighted by Gasteiger charge is -1.96. The lowest BCUT2D eigenvalue weighted by atomic mass is 10.3. The second-order valence-electron chi connectivity index (χ2n) is 3.00. The predicted octanol–water partition coefficient (Wildman–Crippen LogP) is 1.17. The molecular weight excluding hydrogens is 198 g/mol. The third kappa shape index (κ3) is 1.77. The topological polar surface area (TPSA) is 39.8 Å². The van der Waals surface area contributed by atoms with Crippen LogP contribution in [0.2, 0.25) is 0 Å². The highest BCUT2D eigenvalue weighted by atomic mass is 32.1. The highest BCUT2D eigenvalue weighted by Gasteiger charge is 2.00. The van der Waals surface area contributed by atoms with Crippen LogP contribution < -0.4 is 4.87 Å². The fourth-order valence-electron chi connectivity index (χ4n) is 1.27. The maximum atomic E-state index is 11.3. The normalized spacial score (nSPS) is 10.6. The second kappa shape index (κ2) is 3.79. The molecule has 2 aromatic rings. The molecule has 0 aliphatic rings. The van der Waals surface area contributed by atoms with Crippen molar-refractivity contribution in [3.8, 4) is 0 Å². The molecule has 0 bridgehead atoms. The third-order valence-corrected chi connectivity index (χ3v) is 2.70. The zero-order chi connectivity index (χ0) is 9.97. The SMILES string of the molecule is CCn1cc(Cn2ccsc2=O)cn1. The molecule has 0 fully saturated rings. The molecule has 2 aromatic heterocycles. The largest absolute Gasteiger partial charge is 0.307 e. The first-order valence-electron chi connectivity index (χ1n) is 4.45. The molecule has 0 saturated carbocycles. The first-order chi connectivity index (χ1) is 6.79. The van der Waals surface area contributed by atoms with Crippen molar-refractivity contribution < 1.29 is 0 Å². The average molecular weight is 209 g/mol. The van der Waals surface area contributed by atoms with E-state index in [0.717, 1.165) is 12.1 Å². The van der Waals surface area contributed by atoms with E-state index in [9.17, 15) is 4.79 Å². The van der Waals surface area contributed by atoms with Gasteiger partial charge in [-0.05, 0) is 6.92 Å². The van der Waals surface area contributed by atoms with Gasteiger partial charge in [-0.3, -0.25) is 9.48 Å². The monoisotopic (exact) mass is 209 g/mol. The van der Waals surface area contributed by atoms with Crippen molar-refractivity contribution >= 4 is 11.3 Å². The Labute approximate surface area is 85.4 Å². The Morgan fingerprint density at radius 2 is 2.43 bits per heavy atom. The number of hydrogen-bond acceptors (Lipinski definition) is 3. The van der Waals surface area contributed by atoms with Crippen molar-refractivity contribution in [3.63, 3.8) is 0 Å². The third-order valence-electron chi connectivity index (χ3n) is 2.01. The first-order valence-corrected chi connectivity index (χ1v) is 5.33. The quantitative estimate of drug-likeness (QED) is 0.761. The molecule has 0 saturated heterocycles. The summed E-state index contributed by atoms with van der Waals surface area (Å²) in [4.78, 5) is 11.3. The van der Waals surface area contributed by atoms with Crippen LogP contribution in [-0.4, -0.2) is 14.3 Å². The van der Waals surface area contributed by atoms with E-state index in [4.69, 9.17) is 0 Å². The van der Waals surface area contributed by atoms with E-state index < -0.39 is 0 Å². The first kappa shape index (κ1) is 9.21. The molecule has 0 N–H and O–H groups in total. The maximum Gasteiger partial charge on any atom is 0.307 e. The molecule has 0 aromatic carbocycles. The Balaban J connectivity index is 2.19. The Morgan fingerprint density at radius 1 is 1.57 bits per heavy atom. The van der Waals surface area contributed by atoms with Crippen molar-refractivity contribution in [1.82, 2.24) is 14.3 Å². The van der Waals surface area contributed by atoms with E-state index in [2.05, 4.69) is 5.10 Å². The van der Waals surface area contributed by atoms with Crippen molar-refractivity contribution in [2.75, 3.05) is 0 Å². The molecular formula is C9H11N3OS. The van der Waals surface area contributed by atoms with E-state index in [0.29, 0.717) is 6.54 Å². The molecule has 2 heterocycles. The second-order valence-corrected chi connectivity index (χ2v) is 3.86. The average Bonchev–Trinajstić information content (AvgIpc) is 2.77. The van der Waals surface area contributed by atoms with Crippen LogP contribution in [0.3, 0.4) is 0 Å². The summed E-state index contributed by atoms with van der Waals surface area (Å²) < 4.78 is 3.54. The van der Waals surface area contributed by atoms with Crippen molar-refractivity contribution in [2.45, 2.75) is 20.0 Å². The van der Waals surface area contributed by atoms with Gasteiger partial charge in [0.15, 0.2) is 0 Å². The van der Waals surface area contributed by atoms with E-state index in [-0.39, 0.29) is 4.87 Å². The van der Waals surface area contributed by atoms with Gasteiger partial charge < -0.3 is 4.57 Å². The Hall–Kier alpha value is -1.36. The summed E-state index contributed by atoms with van der Waals surface area (Å²) in [7, 11) is 0. The molecule has 0 amide bonds. The van der Waals surface area contributed by atoms with Gasteiger partial charge in [-0.25, -0.2) is 0 Å². The van der Waals surface area contributed by atoms with Crippen LogP contribution in [0, 0.1) is 0 Å². The lowest BCUT2D eigenvalue weighted by molar-refractivity contribution is 0.658. The van der Waals surface area contributed by atoms with Crippen LogP contribution in [0.5, 0.6) is 0 Å². The van der Waals surface area contributed by atoms with E-state index in [1.807, 2.05) is 17.8 Å². The fourth-order valence-corrected chi connectivity index (χ4v) is 1.85. The zero-order valence-electron chi connectivity index (χ0n) is 7.88. The molecule has 2 rings (SSSR count). The summed E-state index contributed by atoms with van der Waals surface area (Å²) in [5, 5.41) is 5.95. The number of rotatable bonds is 3. The van der Waals surface area contributed by atoms with Crippen molar-refractivity contribution in [3.05, 3.63) is 39.2 Å². The van der Waals surface area contributed by atoms with Gasteiger partial charge in [-0.15, -0.1) is 0 Å². The van der Waals surface area contributed by atoms with Gasteiger partial charge >= 0.3 is 4.87 Å². The highest BCUT2D eigenvalue weighted by molar-refractivity contribution is 7.07. The summed E-state index contributed by atoms with van der Waals surface area (Å²) in [5.74, 6) is 0. The summed E-state index contributed by atoms with van der Waals surface area (Å²) in [6.45, 7) is 3.51. The van der Waals surface area contributed by atoms with Gasteiger partial charge in [0.1, 0.15) is 0 Å². The predicted molar refractivity (Wildman–Crippen MR) is 55.6 cm³/mol. The number of aromatic nitrogens is 3. The van der Waals surface area contributed by atoms with E-state index in [1.165, 1.54) is 11.3 Å². The Bertz CT molecular complexity index is 468. The Morgan fingerprint density at radius 3 is 3.00 bits per heavy atom. The highest BCUT2D eigenvalue weighted by Crippen LogP contribution is 2.00. The lowest BCUT2D eigenvalue weighted by Crippen LogP contribution is -2.12. The van der Waals surface area contributed by atoms with Crippen LogP contribution in [0.4, 0.5) is 0 Å². The molecule has 5 heteroatoms. The van der Waals surface area contributed by atoms with Crippen LogP contribution >= 0.6 is 11.3 Å². The van der Waals surface area contributed by atoms with Crippen molar-refractivity contribution in [1.29, 1.82) is 0 Å². The smallest absolute Gasteiger partial charge is 0.301 e. The zero-order valence-corrected chi connectivity index (χ0v) is 8.70. The molecule has 0 aliphatic carbocycles. The minimum Gasteiger partial charge on any atom is -0.301 e. The Kier molecular flexibility index (Phi) is 2.49. The number of nitrogens with zero attached hydrogens (tertiary/aromatic N) is 3. The minimum absolute atomic E-state index is 0.0780. The van der Waals surface area contributed by atoms with Gasteiger partial charge in [-0.2, -0.15) is 5.10 Å². The van der Waals surface area contributed by atoms with Crippen LogP contribution in [0.1, 0.15) is 12.5 Å². The minimum atomic E-state index is 0.0780. The molecule has 0 radical (unpaired) electrons. The summed E-state index contributed by atoms with van der Waals surface area (Å²) >= 11 is 1.22. The van der Waals surface area contributed by atoms with Crippen LogP contribution in [0.25, 0.3) is 0 Å². The van der Waals surface area contributed by atoms with E-state index >= 15 is 0 Å². The molecule has 4 nitrogen and oxygen atoms in total. The van der Waals surface area contributed by atoms with Gasteiger partial charge in [0, 0.05) is 29.9 Å². The van der Waals surface area contributed by atoms with E-state index in [1.54, 1.807) is 22.3 Å². The number of hydrogen-bond donors (Lipinski definition) is 0. The van der Waals surface area contributed by atoms with Crippen molar-refractivity contribution in [2.24, 2.45) is 0 Å². The fraction of sp³-hybridized carbons (Fsp3) is 0.333. The van der Waals surface area contributed by atoms with Gasteiger partial charge in [0.25, 0.3) is 0 Å². The molecule has 14 heavy (non-hydrogen) atoms.